The average Bonchev–Trinajstić information content (AvgIpc) is 3.00. The lowest BCUT2D eigenvalue weighted by molar-refractivity contribution is -0.147. The van der Waals surface area contributed by atoms with E-state index in [0.29, 0.717) is 37.3 Å². The summed E-state index contributed by atoms with van der Waals surface area (Å²) < 4.78 is 6.04. The van der Waals surface area contributed by atoms with Gasteiger partial charge in [0.25, 0.3) is 0 Å². The summed E-state index contributed by atoms with van der Waals surface area (Å²) in [6.07, 6.45) is 1.20. The average molecular weight is 582 g/mol. The molecule has 3 atom stereocenters. The number of pyridine rings is 1. The maximum atomic E-state index is 13.4. The van der Waals surface area contributed by atoms with E-state index in [-0.39, 0.29) is 24.9 Å². The fourth-order valence-electron chi connectivity index (χ4n) is 5.68. The van der Waals surface area contributed by atoms with Crippen molar-refractivity contribution in [3.05, 3.63) is 102 Å². The van der Waals surface area contributed by atoms with Crippen molar-refractivity contribution < 1.29 is 29.1 Å². The second-order valence-electron chi connectivity index (χ2n) is 11.0. The van der Waals surface area contributed by atoms with E-state index in [1.54, 1.807) is 24.3 Å². The van der Waals surface area contributed by atoms with E-state index in [1.165, 1.54) is 0 Å². The number of ether oxygens (including phenoxy) is 1. The van der Waals surface area contributed by atoms with Crippen LogP contribution in [0.5, 0.6) is 5.75 Å². The summed E-state index contributed by atoms with van der Waals surface area (Å²) in [5, 5.41) is 13.3. The van der Waals surface area contributed by atoms with Crippen molar-refractivity contribution in [3.8, 4) is 5.75 Å². The number of hydrogen-bond acceptors (Lipinski definition) is 6. The second kappa shape index (κ2) is 13.9. The third-order valence-corrected chi connectivity index (χ3v) is 7.80. The maximum Gasteiger partial charge on any atom is 0.303 e. The van der Waals surface area contributed by atoms with Gasteiger partial charge in [0.1, 0.15) is 12.4 Å². The van der Waals surface area contributed by atoms with Crippen molar-refractivity contribution in [1.29, 1.82) is 0 Å². The largest absolute Gasteiger partial charge is 0.489 e. The predicted molar refractivity (Wildman–Crippen MR) is 162 cm³/mol. The Morgan fingerprint density at radius 1 is 0.884 bits per heavy atom. The van der Waals surface area contributed by atoms with Gasteiger partial charge in [0.05, 0.1) is 18.0 Å². The number of aryl methyl sites for hydroxylation is 1. The van der Waals surface area contributed by atoms with Crippen LogP contribution in [0.25, 0.3) is 10.9 Å². The number of para-hydroxylation sites is 1. The SMILES string of the molecule is Cc1cc(COc2ccc(NC(=O)C3CCC(CC(=O)O)CC3C(=O)NOCc3ccccc3)cc2)c2ccccc2n1. The fourth-order valence-corrected chi connectivity index (χ4v) is 5.68. The number of hydrogen-bond donors (Lipinski definition) is 3. The lowest BCUT2D eigenvalue weighted by atomic mass is 9.72. The Balaban J connectivity index is 1.20. The second-order valence-corrected chi connectivity index (χ2v) is 11.0. The molecule has 0 spiro atoms. The van der Waals surface area contributed by atoms with Gasteiger partial charge in [-0.25, -0.2) is 5.48 Å². The van der Waals surface area contributed by atoms with Crippen molar-refractivity contribution in [2.24, 2.45) is 17.8 Å². The molecule has 1 saturated carbocycles. The molecule has 1 fully saturated rings. The predicted octanol–water partition coefficient (Wildman–Crippen LogP) is 5.82. The van der Waals surface area contributed by atoms with E-state index in [9.17, 15) is 19.5 Å². The Kier molecular flexibility index (Phi) is 9.63. The molecule has 9 heteroatoms. The number of hydroxylamine groups is 1. The number of carbonyl (C=O) groups is 3. The van der Waals surface area contributed by atoms with Crippen LogP contribution < -0.4 is 15.5 Å². The molecule has 1 heterocycles. The van der Waals surface area contributed by atoms with E-state index >= 15 is 0 Å². The Morgan fingerprint density at radius 3 is 2.40 bits per heavy atom. The summed E-state index contributed by atoms with van der Waals surface area (Å²) in [6, 6.07) is 26.5. The monoisotopic (exact) mass is 581 g/mol. The van der Waals surface area contributed by atoms with Crippen LogP contribution in [0.4, 0.5) is 5.69 Å². The van der Waals surface area contributed by atoms with Gasteiger partial charge in [0, 0.05) is 34.7 Å². The number of nitrogens with zero attached hydrogens (tertiary/aromatic N) is 1. The first kappa shape index (κ1) is 29.7. The normalized spacial score (nSPS) is 18.1. The van der Waals surface area contributed by atoms with Gasteiger partial charge in [-0.2, -0.15) is 0 Å². The summed E-state index contributed by atoms with van der Waals surface area (Å²) >= 11 is 0. The van der Waals surface area contributed by atoms with E-state index in [0.717, 1.165) is 27.7 Å². The molecule has 2 amide bonds. The highest BCUT2D eigenvalue weighted by molar-refractivity contribution is 5.96. The van der Waals surface area contributed by atoms with Gasteiger partial charge in [0.15, 0.2) is 0 Å². The minimum atomic E-state index is -0.915. The highest BCUT2D eigenvalue weighted by Gasteiger charge is 2.40. The van der Waals surface area contributed by atoms with Gasteiger partial charge < -0.3 is 15.2 Å². The van der Waals surface area contributed by atoms with Crippen molar-refractivity contribution in [2.75, 3.05) is 5.32 Å². The molecule has 3 N–H and O–H groups in total. The van der Waals surface area contributed by atoms with Crippen LogP contribution in [0.2, 0.25) is 0 Å². The van der Waals surface area contributed by atoms with Crippen LogP contribution in [0.3, 0.4) is 0 Å². The number of aliphatic carboxylic acids is 1. The number of carboxylic acid groups (broad SMARTS) is 1. The molecule has 3 unspecified atom stereocenters. The molecule has 1 aliphatic rings. The Labute approximate surface area is 250 Å². The van der Waals surface area contributed by atoms with Crippen molar-refractivity contribution in [2.45, 2.75) is 45.8 Å². The van der Waals surface area contributed by atoms with Gasteiger partial charge >= 0.3 is 5.97 Å². The van der Waals surface area contributed by atoms with Gasteiger partial charge in [0.2, 0.25) is 11.8 Å². The third-order valence-electron chi connectivity index (χ3n) is 7.80. The van der Waals surface area contributed by atoms with Gasteiger partial charge in [-0.1, -0.05) is 48.5 Å². The first-order valence-electron chi connectivity index (χ1n) is 14.4. The number of rotatable bonds is 11. The molecule has 1 aromatic heterocycles. The molecule has 1 aliphatic carbocycles. The number of carboxylic acids is 1. The zero-order valence-electron chi connectivity index (χ0n) is 24.0. The topological polar surface area (TPSA) is 127 Å². The van der Waals surface area contributed by atoms with E-state index in [2.05, 4.69) is 15.8 Å². The number of amides is 2. The lowest BCUT2D eigenvalue weighted by Gasteiger charge is -2.33. The molecule has 4 aromatic rings. The van der Waals surface area contributed by atoms with Gasteiger partial charge in [-0.15, -0.1) is 0 Å². The maximum absolute atomic E-state index is 13.4. The number of fused-ring (bicyclic) bond motifs is 1. The molecule has 0 bridgehead atoms. The summed E-state index contributed by atoms with van der Waals surface area (Å²) in [6.45, 7) is 2.51. The lowest BCUT2D eigenvalue weighted by Crippen LogP contribution is -2.43. The van der Waals surface area contributed by atoms with Crippen LogP contribution in [-0.2, 0) is 32.4 Å². The zero-order valence-corrected chi connectivity index (χ0v) is 24.0. The third kappa shape index (κ3) is 7.96. The smallest absolute Gasteiger partial charge is 0.303 e. The Bertz CT molecular complexity index is 1570. The number of benzene rings is 3. The first-order chi connectivity index (χ1) is 20.9. The van der Waals surface area contributed by atoms with Crippen LogP contribution >= 0.6 is 0 Å². The van der Waals surface area contributed by atoms with Crippen molar-refractivity contribution in [3.63, 3.8) is 0 Å². The minimum Gasteiger partial charge on any atom is -0.489 e. The Hall–Kier alpha value is -4.76. The highest BCUT2D eigenvalue weighted by atomic mass is 16.6. The first-order valence-corrected chi connectivity index (χ1v) is 14.4. The van der Waals surface area contributed by atoms with E-state index in [4.69, 9.17) is 9.57 Å². The highest BCUT2D eigenvalue weighted by Crippen LogP contribution is 2.37. The van der Waals surface area contributed by atoms with Gasteiger partial charge in [-0.05, 0) is 74.1 Å². The van der Waals surface area contributed by atoms with Crippen LogP contribution in [-0.4, -0.2) is 27.9 Å². The molecular weight excluding hydrogens is 546 g/mol. The van der Waals surface area contributed by atoms with E-state index < -0.39 is 23.7 Å². The molecule has 0 aliphatic heterocycles. The standard InChI is InChI=1S/C34H35N3O6/c1-22-17-25(28-9-5-6-10-31(28)35-22)21-42-27-14-12-26(13-15-27)36-33(40)29-16-11-24(19-32(38)39)18-30(29)34(41)37-43-20-23-7-3-2-4-8-23/h2-10,12-15,17,24,29-30H,11,16,18-21H2,1H3,(H,36,40)(H,37,41)(H,38,39). The molecule has 222 valence electrons. The molecule has 0 saturated heterocycles. The zero-order chi connectivity index (χ0) is 30.2. The van der Waals surface area contributed by atoms with Crippen LogP contribution in [0, 0.1) is 24.7 Å². The molecule has 5 rings (SSSR count). The fraction of sp³-hybridized carbons (Fsp3) is 0.294. The summed E-state index contributed by atoms with van der Waals surface area (Å²) in [5.41, 5.74) is 6.83. The number of anilines is 1. The summed E-state index contributed by atoms with van der Waals surface area (Å²) in [7, 11) is 0. The number of carbonyl (C=O) groups excluding carboxylic acids is 2. The molecule has 0 radical (unpaired) electrons. The minimum absolute atomic E-state index is 0.0424. The molecule has 9 nitrogen and oxygen atoms in total. The Morgan fingerprint density at radius 2 is 1.63 bits per heavy atom. The van der Waals surface area contributed by atoms with Crippen LogP contribution in [0.1, 0.15) is 42.5 Å². The van der Waals surface area contributed by atoms with E-state index in [1.807, 2.05) is 67.6 Å². The number of aromatic nitrogens is 1. The quantitative estimate of drug-likeness (QED) is 0.191. The number of nitrogens with one attached hydrogen (secondary N) is 2. The van der Waals surface area contributed by atoms with Crippen molar-refractivity contribution >= 4 is 34.4 Å². The van der Waals surface area contributed by atoms with Gasteiger partial charge in [-0.3, -0.25) is 24.2 Å². The van der Waals surface area contributed by atoms with Crippen LogP contribution in [0.15, 0.2) is 84.9 Å². The van der Waals surface area contributed by atoms with Crippen molar-refractivity contribution in [1.82, 2.24) is 10.5 Å². The summed E-state index contributed by atoms with van der Waals surface area (Å²) in [5.74, 6) is -2.50. The molecule has 3 aromatic carbocycles. The molecular formula is C34H35N3O6. The molecule has 43 heavy (non-hydrogen) atoms. The summed E-state index contributed by atoms with van der Waals surface area (Å²) in [4.78, 5) is 47.9.